The minimum absolute atomic E-state index is 0.322. The van der Waals surface area contributed by atoms with Crippen LogP contribution < -0.4 is 10.1 Å². The molecule has 2 aromatic rings. The highest BCUT2D eigenvalue weighted by molar-refractivity contribution is 5.97. The molecule has 1 N–H and O–H groups in total. The van der Waals surface area contributed by atoms with Gasteiger partial charge in [-0.3, -0.25) is 4.79 Å². The molecule has 2 atom stereocenters. The van der Waals surface area contributed by atoms with Crippen LogP contribution in [0.2, 0.25) is 0 Å². The molecule has 156 valence electrons. The Hall–Kier alpha value is -2.82. The van der Waals surface area contributed by atoms with Crippen molar-refractivity contribution in [2.75, 3.05) is 11.9 Å². The molecule has 0 bridgehead atoms. The lowest BCUT2D eigenvalue weighted by Crippen LogP contribution is -2.30. The molecule has 0 unspecified atom stereocenters. The molecule has 0 heterocycles. The fourth-order valence-corrected chi connectivity index (χ4v) is 2.80. The highest BCUT2D eigenvalue weighted by Crippen LogP contribution is 2.26. The Balaban J connectivity index is 1.95. The van der Waals surface area contributed by atoms with Gasteiger partial charge < -0.3 is 14.8 Å². The molecule has 2 rings (SSSR count). The highest BCUT2D eigenvalue weighted by Gasteiger charge is 2.20. The Kier molecular flexibility index (Phi) is 8.71. The van der Waals surface area contributed by atoms with E-state index in [0.29, 0.717) is 23.8 Å². The van der Waals surface area contributed by atoms with Gasteiger partial charge in [-0.25, -0.2) is 4.79 Å². The predicted octanol–water partition coefficient (Wildman–Crippen LogP) is 5.56. The molecule has 29 heavy (non-hydrogen) atoms. The monoisotopic (exact) mass is 397 g/mol. The summed E-state index contributed by atoms with van der Waals surface area (Å²) in [4.78, 5) is 24.9. The van der Waals surface area contributed by atoms with Gasteiger partial charge in [0, 0.05) is 5.69 Å². The van der Waals surface area contributed by atoms with E-state index in [4.69, 9.17) is 9.47 Å². The summed E-state index contributed by atoms with van der Waals surface area (Å²) in [5.74, 6) is 0.140. The van der Waals surface area contributed by atoms with E-state index >= 15 is 0 Å². The molecule has 0 radical (unpaired) electrons. The number of rotatable bonds is 10. The molecule has 0 aliphatic rings. The Bertz CT molecular complexity index is 801. The molecule has 5 heteroatoms. The second-order valence-electron chi connectivity index (χ2n) is 7.16. The number of hydrogen-bond donors (Lipinski definition) is 1. The average molecular weight is 398 g/mol. The molecular formula is C24H31NO4. The summed E-state index contributed by atoms with van der Waals surface area (Å²) in [7, 11) is 0. The van der Waals surface area contributed by atoms with Crippen LogP contribution in [0, 0.1) is 0 Å². The molecule has 2 aromatic carbocycles. The van der Waals surface area contributed by atoms with E-state index in [1.807, 2.05) is 24.3 Å². The van der Waals surface area contributed by atoms with E-state index in [1.165, 1.54) is 0 Å². The maximum Gasteiger partial charge on any atom is 0.338 e. The van der Waals surface area contributed by atoms with Crippen LogP contribution in [-0.2, 0) is 9.53 Å². The average Bonchev–Trinajstić information content (AvgIpc) is 2.74. The van der Waals surface area contributed by atoms with Gasteiger partial charge in [-0.1, -0.05) is 45.4 Å². The largest absolute Gasteiger partial charge is 0.494 e. The number of nitrogens with one attached hydrogen (secondary N) is 1. The molecule has 5 nitrogen and oxygen atoms in total. The summed E-state index contributed by atoms with van der Waals surface area (Å²) in [6, 6.07) is 14.5. The van der Waals surface area contributed by atoms with Gasteiger partial charge in [-0.15, -0.1) is 0 Å². The number of ether oxygens (including phenoxy) is 2. The fourth-order valence-electron chi connectivity index (χ4n) is 2.80. The Morgan fingerprint density at radius 2 is 1.69 bits per heavy atom. The highest BCUT2D eigenvalue weighted by atomic mass is 16.5. The third kappa shape index (κ3) is 6.63. The van der Waals surface area contributed by atoms with Crippen LogP contribution in [0.5, 0.6) is 5.75 Å². The van der Waals surface area contributed by atoms with Crippen LogP contribution in [0.15, 0.2) is 48.5 Å². The standard InChI is InChI=1S/C24H31NO4/c1-5-7-16-28-20-14-12-19(13-15-20)24(27)29-18(4)23(26)25-22-11-9-8-10-21(22)17(3)6-2/h8-15,17-18H,5-7,16H2,1-4H3,(H,25,26)/t17-,18-/m1/s1. The van der Waals surface area contributed by atoms with E-state index in [1.54, 1.807) is 31.2 Å². The summed E-state index contributed by atoms with van der Waals surface area (Å²) >= 11 is 0. The van der Waals surface area contributed by atoms with Crippen molar-refractivity contribution in [1.82, 2.24) is 0 Å². The SMILES string of the molecule is CCCCOc1ccc(C(=O)O[C@H](C)C(=O)Nc2ccccc2[C@H](C)CC)cc1. The van der Waals surface area contributed by atoms with Crippen molar-refractivity contribution >= 4 is 17.6 Å². The van der Waals surface area contributed by atoms with Gasteiger partial charge in [0.25, 0.3) is 5.91 Å². The first-order valence-electron chi connectivity index (χ1n) is 10.3. The number of benzene rings is 2. The number of esters is 1. The Morgan fingerprint density at radius 1 is 1.00 bits per heavy atom. The van der Waals surface area contributed by atoms with Gasteiger partial charge in [-0.2, -0.15) is 0 Å². The first kappa shape index (κ1) is 22.5. The van der Waals surface area contributed by atoms with Crippen molar-refractivity contribution in [3.8, 4) is 5.75 Å². The van der Waals surface area contributed by atoms with Gasteiger partial charge in [0.2, 0.25) is 0 Å². The summed E-state index contributed by atoms with van der Waals surface area (Å²) in [5.41, 5.74) is 2.20. The van der Waals surface area contributed by atoms with E-state index in [-0.39, 0.29) is 5.91 Å². The van der Waals surface area contributed by atoms with E-state index in [0.717, 1.165) is 30.5 Å². The molecular weight excluding hydrogens is 366 g/mol. The molecule has 0 aromatic heterocycles. The zero-order valence-corrected chi connectivity index (χ0v) is 17.7. The molecule has 0 aliphatic carbocycles. The van der Waals surface area contributed by atoms with Gasteiger partial charge in [0.1, 0.15) is 5.75 Å². The van der Waals surface area contributed by atoms with Crippen molar-refractivity contribution in [2.24, 2.45) is 0 Å². The number of carbonyl (C=O) groups is 2. The normalized spacial score (nSPS) is 12.7. The van der Waals surface area contributed by atoms with Crippen LogP contribution >= 0.6 is 0 Å². The molecule has 0 spiro atoms. The van der Waals surface area contributed by atoms with Crippen LogP contribution in [0.1, 0.15) is 68.8 Å². The van der Waals surface area contributed by atoms with Crippen LogP contribution in [0.25, 0.3) is 0 Å². The van der Waals surface area contributed by atoms with Crippen molar-refractivity contribution in [2.45, 2.75) is 59.0 Å². The molecule has 1 amide bonds. The van der Waals surface area contributed by atoms with Gasteiger partial charge in [0.05, 0.1) is 12.2 Å². The lowest BCUT2D eigenvalue weighted by molar-refractivity contribution is -0.123. The van der Waals surface area contributed by atoms with Crippen LogP contribution in [-0.4, -0.2) is 24.6 Å². The zero-order chi connectivity index (χ0) is 21.2. The first-order valence-corrected chi connectivity index (χ1v) is 10.3. The fraction of sp³-hybridized carbons (Fsp3) is 0.417. The third-order valence-corrected chi connectivity index (χ3v) is 4.87. The minimum atomic E-state index is -0.909. The van der Waals surface area contributed by atoms with E-state index < -0.39 is 12.1 Å². The summed E-state index contributed by atoms with van der Waals surface area (Å²) in [6.45, 7) is 8.54. The number of hydrogen-bond acceptors (Lipinski definition) is 4. The second kappa shape index (κ2) is 11.2. The Morgan fingerprint density at radius 3 is 2.34 bits per heavy atom. The minimum Gasteiger partial charge on any atom is -0.494 e. The summed E-state index contributed by atoms with van der Waals surface area (Å²) in [5, 5.41) is 2.88. The van der Waals surface area contributed by atoms with Crippen molar-refractivity contribution < 1.29 is 19.1 Å². The summed E-state index contributed by atoms with van der Waals surface area (Å²) in [6.07, 6.45) is 2.10. The molecule has 0 saturated carbocycles. The van der Waals surface area contributed by atoms with Crippen LogP contribution in [0.4, 0.5) is 5.69 Å². The van der Waals surface area contributed by atoms with Crippen molar-refractivity contribution in [3.63, 3.8) is 0 Å². The number of carbonyl (C=O) groups excluding carboxylic acids is 2. The smallest absolute Gasteiger partial charge is 0.338 e. The van der Waals surface area contributed by atoms with Gasteiger partial charge in [0.15, 0.2) is 6.10 Å². The number of unbranched alkanes of at least 4 members (excludes halogenated alkanes) is 1. The lowest BCUT2D eigenvalue weighted by atomic mass is 9.97. The molecule has 0 fully saturated rings. The van der Waals surface area contributed by atoms with Crippen molar-refractivity contribution in [3.05, 3.63) is 59.7 Å². The maximum atomic E-state index is 12.5. The van der Waals surface area contributed by atoms with Gasteiger partial charge in [-0.05, 0) is 61.6 Å². The summed E-state index contributed by atoms with van der Waals surface area (Å²) < 4.78 is 10.9. The number of para-hydroxylation sites is 1. The lowest BCUT2D eigenvalue weighted by Gasteiger charge is -2.18. The van der Waals surface area contributed by atoms with Crippen LogP contribution in [0.3, 0.4) is 0 Å². The van der Waals surface area contributed by atoms with Crippen molar-refractivity contribution in [1.29, 1.82) is 0 Å². The van der Waals surface area contributed by atoms with E-state index in [9.17, 15) is 9.59 Å². The van der Waals surface area contributed by atoms with Gasteiger partial charge >= 0.3 is 5.97 Å². The molecule has 0 saturated heterocycles. The topological polar surface area (TPSA) is 64.6 Å². The number of anilines is 1. The quantitative estimate of drug-likeness (QED) is 0.421. The number of amides is 1. The van der Waals surface area contributed by atoms with E-state index in [2.05, 4.69) is 26.1 Å². The maximum absolute atomic E-state index is 12.5. The molecule has 0 aliphatic heterocycles. The zero-order valence-electron chi connectivity index (χ0n) is 17.7. The predicted molar refractivity (Wildman–Crippen MR) is 116 cm³/mol. The first-order chi connectivity index (χ1) is 14.0. The third-order valence-electron chi connectivity index (χ3n) is 4.87. The Labute approximate surface area is 173 Å². The second-order valence-corrected chi connectivity index (χ2v) is 7.16.